The van der Waals surface area contributed by atoms with Crippen molar-refractivity contribution in [3.05, 3.63) is 78.4 Å². The Morgan fingerprint density at radius 3 is 2.18 bits per heavy atom. The van der Waals surface area contributed by atoms with Gasteiger partial charge in [-0.05, 0) is 78.7 Å². The molecule has 2 aromatic carbocycles. The zero-order chi connectivity index (χ0) is 19.8. The summed E-state index contributed by atoms with van der Waals surface area (Å²) in [4.78, 5) is 11.2. The highest BCUT2D eigenvalue weighted by Crippen LogP contribution is 2.38. The third-order valence-corrected chi connectivity index (χ3v) is 5.86. The van der Waals surface area contributed by atoms with Gasteiger partial charge in [0.15, 0.2) is 0 Å². The number of rotatable bonds is 7. The Balaban J connectivity index is 1.59. The van der Waals surface area contributed by atoms with Crippen LogP contribution in [-0.4, -0.2) is 13.1 Å². The second kappa shape index (κ2) is 10.1. The smallest absolute Gasteiger partial charge is 0.330 e. The summed E-state index contributed by atoms with van der Waals surface area (Å²) < 4.78 is 4.62. The molecule has 1 saturated carbocycles. The lowest BCUT2D eigenvalue weighted by atomic mass is 9.77. The van der Waals surface area contributed by atoms with Gasteiger partial charge in [0, 0.05) is 6.08 Å². The molecule has 0 atom stereocenters. The van der Waals surface area contributed by atoms with Crippen molar-refractivity contribution in [3.63, 3.8) is 0 Å². The first-order chi connectivity index (χ1) is 13.7. The van der Waals surface area contributed by atoms with Crippen LogP contribution in [0.3, 0.4) is 0 Å². The Bertz CT molecular complexity index is 791. The van der Waals surface area contributed by atoms with E-state index in [1.54, 1.807) is 6.08 Å². The van der Waals surface area contributed by atoms with Crippen LogP contribution in [0.4, 0.5) is 0 Å². The fourth-order valence-electron chi connectivity index (χ4n) is 4.10. The maximum absolute atomic E-state index is 11.2. The number of esters is 1. The number of benzene rings is 2. The zero-order valence-electron chi connectivity index (χ0n) is 16.8. The van der Waals surface area contributed by atoms with Crippen molar-refractivity contribution in [1.82, 2.24) is 0 Å². The van der Waals surface area contributed by atoms with Gasteiger partial charge < -0.3 is 4.74 Å². The van der Waals surface area contributed by atoms with E-state index in [2.05, 4.69) is 47.7 Å². The van der Waals surface area contributed by atoms with Crippen LogP contribution in [-0.2, 0) is 9.53 Å². The van der Waals surface area contributed by atoms with Gasteiger partial charge in [-0.2, -0.15) is 0 Å². The lowest BCUT2D eigenvalue weighted by Gasteiger charge is -2.28. The van der Waals surface area contributed by atoms with Crippen LogP contribution in [0.25, 0.3) is 17.2 Å². The summed E-state index contributed by atoms with van der Waals surface area (Å²) in [7, 11) is 1.38. The number of carbonyl (C=O) groups is 1. The first-order valence-corrected chi connectivity index (χ1v) is 10.3. The highest BCUT2D eigenvalue weighted by atomic mass is 16.5. The van der Waals surface area contributed by atoms with E-state index in [0.717, 1.165) is 17.9 Å². The van der Waals surface area contributed by atoms with Crippen molar-refractivity contribution >= 4 is 12.0 Å². The van der Waals surface area contributed by atoms with Crippen LogP contribution < -0.4 is 0 Å². The van der Waals surface area contributed by atoms with E-state index < -0.39 is 0 Å². The fourth-order valence-corrected chi connectivity index (χ4v) is 4.10. The van der Waals surface area contributed by atoms with Crippen molar-refractivity contribution in [2.45, 2.75) is 44.4 Å². The second-order valence-electron chi connectivity index (χ2n) is 7.68. The normalized spacial score (nSPS) is 19.5. The third-order valence-electron chi connectivity index (χ3n) is 5.86. The fraction of sp³-hybridized carbons (Fsp3) is 0.346. The average Bonchev–Trinajstić information content (AvgIpc) is 2.77. The summed E-state index contributed by atoms with van der Waals surface area (Å²) in [6.07, 6.45) is 13.0. The topological polar surface area (TPSA) is 26.3 Å². The van der Waals surface area contributed by atoms with Gasteiger partial charge in [0.1, 0.15) is 0 Å². The SMILES string of the molecule is C=CCCC1CCC(c2ccc(-c3ccc(C=CC(=O)OC)cc3)cc2)CC1. The molecule has 0 saturated heterocycles. The number of allylic oxidation sites excluding steroid dienone is 1. The minimum Gasteiger partial charge on any atom is -0.466 e. The summed E-state index contributed by atoms with van der Waals surface area (Å²) in [5, 5.41) is 0. The molecule has 2 nitrogen and oxygen atoms in total. The Kier molecular flexibility index (Phi) is 7.25. The molecule has 0 spiro atoms. The van der Waals surface area contributed by atoms with Crippen molar-refractivity contribution in [3.8, 4) is 11.1 Å². The molecule has 0 unspecified atom stereocenters. The van der Waals surface area contributed by atoms with Gasteiger partial charge in [-0.15, -0.1) is 6.58 Å². The molecule has 0 aliphatic heterocycles. The van der Waals surface area contributed by atoms with Gasteiger partial charge in [0.05, 0.1) is 7.11 Å². The molecule has 0 heterocycles. The summed E-state index contributed by atoms with van der Waals surface area (Å²) in [5.74, 6) is 1.26. The molecule has 28 heavy (non-hydrogen) atoms. The summed E-state index contributed by atoms with van der Waals surface area (Å²) in [5.41, 5.74) is 4.88. The predicted molar refractivity (Wildman–Crippen MR) is 117 cm³/mol. The maximum Gasteiger partial charge on any atom is 0.330 e. The predicted octanol–water partition coefficient (Wildman–Crippen LogP) is 6.78. The number of hydrogen-bond acceptors (Lipinski definition) is 2. The highest BCUT2D eigenvalue weighted by molar-refractivity contribution is 5.87. The highest BCUT2D eigenvalue weighted by Gasteiger charge is 2.21. The number of hydrogen-bond donors (Lipinski definition) is 0. The molecular weight excluding hydrogens is 344 g/mol. The van der Waals surface area contributed by atoms with E-state index in [1.165, 1.54) is 62.0 Å². The molecule has 2 aromatic rings. The van der Waals surface area contributed by atoms with Crippen molar-refractivity contribution in [2.75, 3.05) is 7.11 Å². The Labute approximate surface area is 168 Å². The molecule has 0 amide bonds. The zero-order valence-corrected chi connectivity index (χ0v) is 16.8. The Morgan fingerprint density at radius 1 is 1.00 bits per heavy atom. The monoisotopic (exact) mass is 374 g/mol. The molecular formula is C26H30O2. The van der Waals surface area contributed by atoms with E-state index in [9.17, 15) is 4.79 Å². The Hall–Kier alpha value is -2.61. The minimum atomic E-state index is -0.339. The van der Waals surface area contributed by atoms with Gasteiger partial charge in [-0.25, -0.2) is 4.79 Å². The number of methoxy groups -OCH3 is 1. The standard InChI is InChI=1S/C26H30O2/c1-3-4-5-20-6-11-22(12-7-20)24-15-17-25(18-16-24)23-13-8-21(9-14-23)10-19-26(27)28-2/h3,8-10,13-20,22H,1,4-7,11-12H2,2H3. The second-order valence-corrected chi connectivity index (χ2v) is 7.68. The van der Waals surface area contributed by atoms with Crippen LogP contribution in [0.2, 0.25) is 0 Å². The van der Waals surface area contributed by atoms with E-state index in [0.29, 0.717) is 5.92 Å². The quantitative estimate of drug-likeness (QED) is 0.303. The minimum absolute atomic E-state index is 0.339. The molecule has 1 fully saturated rings. The van der Waals surface area contributed by atoms with Crippen LogP contribution in [0.1, 0.15) is 55.6 Å². The van der Waals surface area contributed by atoms with Crippen LogP contribution in [0.15, 0.2) is 67.3 Å². The first kappa shape index (κ1) is 20.1. The maximum atomic E-state index is 11.2. The lowest BCUT2D eigenvalue weighted by Crippen LogP contribution is -2.13. The van der Waals surface area contributed by atoms with E-state index in [1.807, 2.05) is 18.2 Å². The number of ether oxygens (including phenoxy) is 1. The van der Waals surface area contributed by atoms with Gasteiger partial charge in [0.2, 0.25) is 0 Å². The third kappa shape index (κ3) is 5.45. The van der Waals surface area contributed by atoms with E-state index in [-0.39, 0.29) is 5.97 Å². The van der Waals surface area contributed by atoms with Gasteiger partial charge in [-0.3, -0.25) is 0 Å². The molecule has 2 heteroatoms. The molecule has 0 bridgehead atoms. The molecule has 1 aliphatic carbocycles. The van der Waals surface area contributed by atoms with E-state index in [4.69, 9.17) is 0 Å². The van der Waals surface area contributed by atoms with Crippen LogP contribution in [0.5, 0.6) is 0 Å². The van der Waals surface area contributed by atoms with E-state index >= 15 is 0 Å². The molecule has 0 N–H and O–H groups in total. The van der Waals surface area contributed by atoms with Crippen molar-refractivity contribution in [2.24, 2.45) is 5.92 Å². The first-order valence-electron chi connectivity index (χ1n) is 10.3. The van der Waals surface area contributed by atoms with Gasteiger partial charge >= 0.3 is 5.97 Å². The molecule has 146 valence electrons. The van der Waals surface area contributed by atoms with Crippen molar-refractivity contribution < 1.29 is 9.53 Å². The molecule has 1 aliphatic rings. The lowest BCUT2D eigenvalue weighted by molar-refractivity contribution is -0.134. The van der Waals surface area contributed by atoms with Gasteiger partial charge in [-0.1, -0.05) is 54.6 Å². The Morgan fingerprint density at radius 2 is 1.61 bits per heavy atom. The molecule has 0 aromatic heterocycles. The van der Waals surface area contributed by atoms with Crippen molar-refractivity contribution in [1.29, 1.82) is 0 Å². The summed E-state index contributed by atoms with van der Waals surface area (Å²) in [6, 6.07) is 17.3. The largest absolute Gasteiger partial charge is 0.466 e. The van der Waals surface area contributed by atoms with Crippen LogP contribution in [0, 0.1) is 5.92 Å². The molecule has 3 rings (SSSR count). The summed E-state index contributed by atoms with van der Waals surface area (Å²) >= 11 is 0. The van der Waals surface area contributed by atoms with Crippen LogP contribution >= 0.6 is 0 Å². The van der Waals surface area contributed by atoms with Gasteiger partial charge in [0.25, 0.3) is 0 Å². The summed E-state index contributed by atoms with van der Waals surface area (Å²) in [6.45, 7) is 3.84. The number of carbonyl (C=O) groups excluding carboxylic acids is 1. The molecule has 0 radical (unpaired) electrons. The average molecular weight is 375 g/mol.